The Kier molecular flexibility index (Phi) is 2.41. The monoisotopic (exact) mass is 182 g/mol. The maximum Gasteiger partial charge on any atom is 0.151 e. The average Bonchev–Trinajstić information content (AvgIpc) is 2.83. The molecule has 1 heterocycles. The predicted octanol–water partition coefficient (Wildman–Crippen LogP) is 2.17. The van der Waals surface area contributed by atoms with Crippen molar-refractivity contribution in [3.8, 4) is 0 Å². The van der Waals surface area contributed by atoms with Gasteiger partial charge >= 0.3 is 0 Å². The van der Waals surface area contributed by atoms with Gasteiger partial charge in [-0.3, -0.25) is 0 Å². The molecule has 0 spiro atoms. The van der Waals surface area contributed by atoms with Crippen molar-refractivity contribution in [3.63, 3.8) is 0 Å². The molecule has 0 aromatic carbocycles. The summed E-state index contributed by atoms with van der Waals surface area (Å²) in [6.45, 7) is 3.03. The van der Waals surface area contributed by atoms with E-state index in [0.717, 1.165) is 50.4 Å². The maximum atomic E-state index is 11.0. The second-order valence-electron chi connectivity index (χ2n) is 4.67. The number of aldehydes is 1. The molecule has 2 nitrogen and oxygen atoms in total. The van der Waals surface area contributed by atoms with E-state index in [-0.39, 0.29) is 0 Å². The highest BCUT2D eigenvalue weighted by molar-refractivity contribution is 5.62. The van der Waals surface area contributed by atoms with Crippen LogP contribution in [0.1, 0.15) is 39.0 Å². The van der Waals surface area contributed by atoms with E-state index in [0.29, 0.717) is 0 Å². The van der Waals surface area contributed by atoms with E-state index < -0.39 is 5.60 Å². The van der Waals surface area contributed by atoms with Crippen molar-refractivity contribution in [1.82, 2.24) is 0 Å². The molecule has 0 N–H and O–H groups in total. The van der Waals surface area contributed by atoms with E-state index in [4.69, 9.17) is 4.74 Å². The number of hydrogen-bond acceptors (Lipinski definition) is 2. The second kappa shape index (κ2) is 3.41. The Morgan fingerprint density at radius 2 is 2.31 bits per heavy atom. The fraction of sp³-hybridized carbons (Fsp3) is 0.909. The Hall–Kier alpha value is -0.370. The molecule has 1 saturated carbocycles. The molecule has 2 heteroatoms. The van der Waals surface area contributed by atoms with Gasteiger partial charge in [0.15, 0.2) is 6.29 Å². The van der Waals surface area contributed by atoms with Gasteiger partial charge in [0.2, 0.25) is 0 Å². The van der Waals surface area contributed by atoms with Crippen LogP contribution in [0.3, 0.4) is 0 Å². The van der Waals surface area contributed by atoms with Gasteiger partial charge in [-0.25, -0.2) is 0 Å². The predicted molar refractivity (Wildman–Crippen MR) is 50.5 cm³/mol. The Bertz CT molecular complexity index is 194. The van der Waals surface area contributed by atoms with Crippen molar-refractivity contribution in [1.29, 1.82) is 0 Å². The van der Waals surface area contributed by atoms with Gasteiger partial charge in [-0.15, -0.1) is 0 Å². The van der Waals surface area contributed by atoms with Crippen molar-refractivity contribution in [3.05, 3.63) is 0 Å². The van der Waals surface area contributed by atoms with Crippen LogP contribution in [0.5, 0.6) is 0 Å². The topological polar surface area (TPSA) is 26.3 Å². The highest BCUT2D eigenvalue weighted by Crippen LogP contribution is 2.45. The Morgan fingerprint density at radius 3 is 2.77 bits per heavy atom. The van der Waals surface area contributed by atoms with Gasteiger partial charge in [0, 0.05) is 6.61 Å². The zero-order chi connectivity index (χ0) is 9.31. The van der Waals surface area contributed by atoms with Crippen LogP contribution >= 0.6 is 0 Å². The molecule has 3 unspecified atom stereocenters. The lowest BCUT2D eigenvalue weighted by Gasteiger charge is -2.32. The van der Waals surface area contributed by atoms with Crippen LogP contribution in [0.25, 0.3) is 0 Å². The summed E-state index contributed by atoms with van der Waals surface area (Å²) in [5, 5.41) is 0. The molecule has 1 aliphatic heterocycles. The van der Waals surface area contributed by atoms with Crippen LogP contribution in [-0.2, 0) is 9.53 Å². The molecule has 0 aromatic heterocycles. The normalized spacial score (nSPS) is 44.4. The van der Waals surface area contributed by atoms with Gasteiger partial charge in [0.25, 0.3) is 0 Å². The lowest BCUT2D eigenvalue weighted by atomic mass is 9.89. The first-order valence-electron chi connectivity index (χ1n) is 5.36. The largest absolute Gasteiger partial charge is 0.368 e. The summed E-state index contributed by atoms with van der Waals surface area (Å²) >= 11 is 0. The fourth-order valence-corrected chi connectivity index (χ4v) is 2.30. The molecule has 0 aromatic rings. The third-order valence-electron chi connectivity index (χ3n) is 3.48. The van der Waals surface area contributed by atoms with Gasteiger partial charge in [-0.05, 0) is 43.9 Å². The highest BCUT2D eigenvalue weighted by Gasteiger charge is 2.42. The second-order valence-corrected chi connectivity index (χ2v) is 4.67. The lowest BCUT2D eigenvalue weighted by Crippen LogP contribution is -2.38. The molecule has 1 saturated heterocycles. The van der Waals surface area contributed by atoms with Gasteiger partial charge < -0.3 is 9.53 Å². The number of carbonyl (C=O) groups is 1. The zero-order valence-electron chi connectivity index (χ0n) is 8.29. The van der Waals surface area contributed by atoms with Crippen molar-refractivity contribution >= 4 is 6.29 Å². The first kappa shape index (κ1) is 9.20. The molecular weight excluding hydrogens is 164 g/mol. The average molecular weight is 182 g/mol. The lowest BCUT2D eigenvalue weighted by molar-refractivity contribution is -0.139. The smallest absolute Gasteiger partial charge is 0.151 e. The summed E-state index contributed by atoms with van der Waals surface area (Å²) in [6.07, 6.45) is 6.53. The third-order valence-corrected chi connectivity index (χ3v) is 3.48. The quantitative estimate of drug-likeness (QED) is 0.625. The van der Waals surface area contributed by atoms with Crippen LogP contribution < -0.4 is 0 Å². The Labute approximate surface area is 79.7 Å². The summed E-state index contributed by atoms with van der Waals surface area (Å²) in [7, 11) is 0. The molecule has 1 aliphatic carbocycles. The van der Waals surface area contributed by atoms with Gasteiger partial charge in [-0.1, -0.05) is 6.92 Å². The van der Waals surface area contributed by atoms with E-state index >= 15 is 0 Å². The SMILES string of the molecule is CC1CC1CC1(C=O)CCCCO1. The van der Waals surface area contributed by atoms with Gasteiger partial charge in [0.1, 0.15) is 5.60 Å². The molecule has 74 valence electrons. The molecule has 13 heavy (non-hydrogen) atoms. The van der Waals surface area contributed by atoms with Crippen LogP contribution in [0.15, 0.2) is 0 Å². The summed E-state index contributed by atoms with van der Waals surface area (Å²) < 4.78 is 5.65. The van der Waals surface area contributed by atoms with E-state index in [2.05, 4.69) is 6.92 Å². The molecular formula is C11H18O2. The Morgan fingerprint density at radius 1 is 1.54 bits per heavy atom. The molecule has 0 bridgehead atoms. The number of ether oxygens (including phenoxy) is 1. The first-order valence-corrected chi connectivity index (χ1v) is 5.36. The number of hydrogen-bond donors (Lipinski definition) is 0. The summed E-state index contributed by atoms with van der Waals surface area (Å²) in [5.41, 5.74) is -0.395. The first-order chi connectivity index (χ1) is 6.26. The van der Waals surface area contributed by atoms with Gasteiger partial charge in [-0.2, -0.15) is 0 Å². The van der Waals surface area contributed by atoms with E-state index in [9.17, 15) is 4.79 Å². The minimum absolute atomic E-state index is 0.395. The molecule has 2 fully saturated rings. The zero-order valence-corrected chi connectivity index (χ0v) is 8.29. The molecule has 0 radical (unpaired) electrons. The molecule has 2 aliphatic rings. The number of rotatable bonds is 3. The molecule has 3 atom stereocenters. The minimum atomic E-state index is -0.395. The standard InChI is InChI=1S/C11H18O2/c1-9-6-10(9)7-11(8-12)4-2-3-5-13-11/h8-10H,2-7H2,1H3. The summed E-state index contributed by atoms with van der Waals surface area (Å²) in [6, 6.07) is 0. The van der Waals surface area contributed by atoms with E-state index in [1.54, 1.807) is 0 Å². The number of carbonyl (C=O) groups excluding carboxylic acids is 1. The fourth-order valence-electron chi connectivity index (χ4n) is 2.30. The van der Waals surface area contributed by atoms with E-state index in [1.165, 1.54) is 6.42 Å². The summed E-state index contributed by atoms with van der Waals surface area (Å²) in [5.74, 6) is 1.57. The van der Waals surface area contributed by atoms with Crippen molar-refractivity contribution in [2.45, 2.75) is 44.6 Å². The van der Waals surface area contributed by atoms with Crippen LogP contribution in [-0.4, -0.2) is 18.5 Å². The van der Waals surface area contributed by atoms with Crippen LogP contribution in [0.4, 0.5) is 0 Å². The minimum Gasteiger partial charge on any atom is -0.368 e. The van der Waals surface area contributed by atoms with Gasteiger partial charge in [0.05, 0.1) is 0 Å². The third kappa shape index (κ3) is 1.93. The van der Waals surface area contributed by atoms with Crippen molar-refractivity contribution in [2.24, 2.45) is 11.8 Å². The molecule has 2 rings (SSSR count). The Balaban J connectivity index is 1.93. The van der Waals surface area contributed by atoms with Crippen molar-refractivity contribution < 1.29 is 9.53 Å². The van der Waals surface area contributed by atoms with Crippen LogP contribution in [0.2, 0.25) is 0 Å². The van der Waals surface area contributed by atoms with Crippen LogP contribution in [0, 0.1) is 11.8 Å². The van der Waals surface area contributed by atoms with E-state index in [1.807, 2.05) is 0 Å². The summed E-state index contributed by atoms with van der Waals surface area (Å²) in [4.78, 5) is 11.0. The molecule has 0 amide bonds. The maximum absolute atomic E-state index is 11.0. The van der Waals surface area contributed by atoms with Crippen molar-refractivity contribution in [2.75, 3.05) is 6.61 Å². The highest BCUT2D eigenvalue weighted by atomic mass is 16.5.